The van der Waals surface area contributed by atoms with Crippen LogP contribution in [0.1, 0.15) is 51.1 Å². The highest BCUT2D eigenvalue weighted by Gasteiger charge is 2.26. The van der Waals surface area contributed by atoms with Crippen molar-refractivity contribution in [1.29, 1.82) is 0 Å². The van der Waals surface area contributed by atoms with E-state index in [4.69, 9.17) is 4.74 Å². The van der Waals surface area contributed by atoms with E-state index in [0.717, 1.165) is 18.4 Å². The van der Waals surface area contributed by atoms with Gasteiger partial charge in [-0.1, -0.05) is 12.1 Å². The summed E-state index contributed by atoms with van der Waals surface area (Å²) in [6.45, 7) is 5.05. The van der Waals surface area contributed by atoms with Gasteiger partial charge in [0.25, 0.3) is 0 Å². The molecule has 1 unspecified atom stereocenters. The van der Waals surface area contributed by atoms with Crippen LogP contribution in [0, 0.1) is 0 Å². The Bertz CT molecular complexity index is 410. The first-order chi connectivity index (χ1) is 10.2. The Morgan fingerprint density at radius 2 is 1.81 bits per heavy atom. The Labute approximate surface area is 129 Å². The molecule has 1 aromatic carbocycles. The summed E-state index contributed by atoms with van der Waals surface area (Å²) in [6, 6.07) is 10.4. The molecule has 1 aromatic rings. The van der Waals surface area contributed by atoms with Crippen LogP contribution in [-0.4, -0.2) is 37.7 Å². The van der Waals surface area contributed by atoms with Crippen molar-refractivity contribution in [2.45, 2.75) is 57.7 Å². The van der Waals surface area contributed by atoms with Gasteiger partial charge in [-0.2, -0.15) is 0 Å². The third-order valence-electron chi connectivity index (χ3n) is 4.97. The molecule has 2 rings (SSSR count). The maximum absolute atomic E-state index is 5.52. The average Bonchev–Trinajstić information content (AvgIpc) is 2.54. The van der Waals surface area contributed by atoms with Gasteiger partial charge in [0, 0.05) is 18.1 Å². The predicted octanol–water partition coefficient (Wildman–Crippen LogP) is 3.61. The van der Waals surface area contributed by atoms with Gasteiger partial charge in [0.05, 0.1) is 6.61 Å². The molecule has 0 aromatic heterocycles. The van der Waals surface area contributed by atoms with Crippen molar-refractivity contribution < 1.29 is 4.74 Å². The molecule has 1 N–H and O–H groups in total. The summed E-state index contributed by atoms with van der Waals surface area (Å²) in [6.07, 6.45) is 5.18. The van der Waals surface area contributed by atoms with Crippen molar-refractivity contribution in [2.24, 2.45) is 0 Å². The first-order valence-electron chi connectivity index (χ1n) is 8.27. The van der Waals surface area contributed by atoms with E-state index in [0.29, 0.717) is 12.1 Å². The number of benzene rings is 1. The lowest BCUT2D eigenvalue weighted by molar-refractivity contribution is 0.136. The lowest BCUT2D eigenvalue weighted by atomic mass is 9.89. The molecule has 0 bridgehead atoms. The molecule has 1 atom stereocenters. The van der Waals surface area contributed by atoms with Crippen molar-refractivity contribution in [2.75, 3.05) is 20.7 Å². The topological polar surface area (TPSA) is 24.5 Å². The summed E-state index contributed by atoms with van der Waals surface area (Å²) in [7, 11) is 4.35. The van der Waals surface area contributed by atoms with Gasteiger partial charge in [-0.3, -0.25) is 4.90 Å². The van der Waals surface area contributed by atoms with Crippen LogP contribution >= 0.6 is 0 Å². The SMILES string of the molecule is CCOc1ccc(C(C)N(C)C2CCC(NC)CC2)cc1. The number of ether oxygens (including phenoxy) is 1. The minimum atomic E-state index is 0.455. The van der Waals surface area contributed by atoms with E-state index in [1.807, 2.05) is 6.92 Å². The maximum Gasteiger partial charge on any atom is 0.119 e. The van der Waals surface area contributed by atoms with Crippen molar-refractivity contribution >= 4 is 0 Å². The second-order valence-electron chi connectivity index (χ2n) is 6.14. The van der Waals surface area contributed by atoms with Crippen LogP contribution in [0.25, 0.3) is 0 Å². The minimum Gasteiger partial charge on any atom is -0.494 e. The standard InChI is InChI=1S/C18H30N2O/c1-5-21-18-12-6-15(7-13-18)14(2)20(4)17-10-8-16(19-3)9-11-17/h6-7,12-14,16-17,19H,5,8-11H2,1-4H3. The largest absolute Gasteiger partial charge is 0.494 e. The molecular formula is C18H30N2O. The van der Waals surface area contributed by atoms with E-state index in [9.17, 15) is 0 Å². The van der Waals surface area contributed by atoms with E-state index < -0.39 is 0 Å². The summed E-state index contributed by atoms with van der Waals surface area (Å²) in [5, 5.41) is 3.41. The van der Waals surface area contributed by atoms with Crippen LogP contribution in [0.4, 0.5) is 0 Å². The molecule has 0 aliphatic heterocycles. The predicted molar refractivity (Wildman–Crippen MR) is 88.9 cm³/mol. The van der Waals surface area contributed by atoms with Crippen LogP contribution < -0.4 is 10.1 Å². The van der Waals surface area contributed by atoms with E-state index >= 15 is 0 Å². The zero-order valence-electron chi connectivity index (χ0n) is 13.9. The molecule has 1 aliphatic carbocycles. The monoisotopic (exact) mass is 290 g/mol. The molecular weight excluding hydrogens is 260 g/mol. The lowest BCUT2D eigenvalue weighted by Gasteiger charge is -2.38. The molecule has 0 radical (unpaired) electrons. The molecule has 3 nitrogen and oxygen atoms in total. The van der Waals surface area contributed by atoms with Gasteiger partial charge in [0.1, 0.15) is 5.75 Å². The maximum atomic E-state index is 5.52. The zero-order chi connectivity index (χ0) is 15.2. The smallest absolute Gasteiger partial charge is 0.119 e. The van der Waals surface area contributed by atoms with Gasteiger partial charge in [-0.15, -0.1) is 0 Å². The molecule has 0 spiro atoms. The summed E-state index contributed by atoms with van der Waals surface area (Å²) >= 11 is 0. The Kier molecular flexibility index (Phi) is 6.07. The first-order valence-corrected chi connectivity index (χ1v) is 8.27. The normalized spacial score (nSPS) is 24.0. The molecule has 0 heterocycles. The minimum absolute atomic E-state index is 0.455. The quantitative estimate of drug-likeness (QED) is 0.866. The third kappa shape index (κ3) is 4.21. The van der Waals surface area contributed by atoms with E-state index in [-0.39, 0.29) is 0 Å². The van der Waals surface area contributed by atoms with Crippen LogP contribution in [0.5, 0.6) is 5.75 Å². The Morgan fingerprint density at radius 3 is 2.33 bits per heavy atom. The van der Waals surface area contributed by atoms with Crippen molar-refractivity contribution in [1.82, 2.24) is 10.2 Å². The number of nitrogens with one attached hydrogen (secondary N) is 1. The van der Waals surface area contributed by atoms with E-state index in [1.165, 1.54) is 31.2 Å². The Morgan fingerprint density at radius 1 is 1.19 bits per heavy atom. The molecule has 118 valence electrons. The van der Waals surface area contributed by atoms with Crippen molar-refractivity contribution in [3.63, 3.8) is 0 Å². The summed E-state index contributed by atoms with van der Waals surface area (Å²) in [5.41, 5.74) is 1.37. The van der Waals surface area contributed by atoms with Crippen LogP contribution in [0.2, 0.25) is 0 Å². The van der Waals surface area contributed by atoms with Crippen LogP contribution in [0.3, 0.4) is 0 Å². The Balaban J connectivity index is 1.94. The van der Waals surface area contributed by atoms with Crippen molar-refractivity contribution in [3.8, 4) is 5.75 Å². The molecule has 1 aliphatic rings. The number of rotatable bonds is 6. The molecule has 0 saturated heterocycles. The first kappa shape index (κ1) is 16.3. The molecule has 3 heteroatoms. The molecule has 21 heavy (non-hydrogen) atoms. The van der Waals surface area contributed by atoms with Gasteiger partial charge >= 0.3 is 0 Å². The van der Waals surface area contributed by atoms with Crippen LogP contribution in [-0.2, 0) is 0 Å². The Hall–Kier alpha value is -1.06. The molecule has 0 amide bonds. The average molecular weight is 290 g/mol. The highest BCUT2D eigenvalue weighted by Crippen LogP contribution is 2.29. The second-order valence-corrected chi connectivity index (χ2v) is 6.14. The summed E-state index contributed by atoms with van der Waals surface area (Å²) in [5.74, 6) is 0.964. The summed E-state index contributed by atoms with van der Waals surface area (Å²) < 4.78 is 5.52. The fourth-order valence-corrected chi connectivity index (χ4v) is 3.33. The van der Waals surface area contributed by atoms with Crippen LogP contribution in [0.15, 0.2) is 24.3 Å². The molecule has 1 fully saturated rings. The zero-order valence-corrected chi connectivity index (χ0v) is 13.9. The van der Waals surface area contributed by atoms with E-state index in [1.54, 1.807) is 0 Å². The summed E-state index contributed by atoms with van der Waals surface area (Å²) in [4.78, 5) is 2.54. The van der Waals surface area contributed by atoms with Crippen molar-refractivity contribution in [3.05, 3.63) is 29.8 Å². The number of nitrogens with zero attached hydrogens (tertiary/aromatic N) is 1. The number of hydrogen-bond acceptors (Lipinski definition) is 3. The second kappa shape index (κ2) is 7.81. The van der Waals surface area contributed by atoms with E-state index in [2.05, 4.69) is 55.5 Å². The lowest BCUT2D eigenvalue weighted by Crippen LogP contribution is -2.40. The number of hydrogen-bond donors (Lipinski definition) is 1. The van der Waals surface area contributed by atoms with Gasteiger partial charge in [0.15, 0.2) is 0 Å². The highest BCUT2D eigenvalue weighted by atomic mass is 16.5. The fourth-order valence-electron chi connectivity index (χ4n) is 3.33. The fraction of sp³-hybridized carbons (Fsp3) is 0.667. The van der Waals surface area contributed by atoms with Gasteiger partial charge in [-0.05, 0) is 71.3 Å². The van der Waals surface area contributed by atoms with Gasteiger partial charge in [0.2, 0.25) is 0 Å². The third-order valence-corrected chi connectivity index (χ3v) is 4.97. The van der Waals surface area contributed by atoms with Gasteiger partial charge in [-0.25, -0.2) is 0 Å². The van der Waals surface area contributed by atoms with Gasteiger partial charge < -0.3 is 10.1 Å². The highest BCUT2D eigenvalue weighted by molar-refractivity contribution is 5.29. The molecule has 1 saturated carbocycles.